The number of hydrogen-bond donors (Lipinski definition) is 0. The van der Waals surface area contributed by atoms with Crippen LogP contribution >= 0.6 is 0 Å². The highest BCUT2D eigenvalue weighted by atomic mass is 14.4. The van der Waals surface area contributed by atoms with Crippen LogP contribution in [0.5, 0.6) is 0 Å². The Hall–Kier alpha value is -1.30. The van der Waals surface area contributed by atoms with E-state index >= 15 is 0 Å². The molecule has 2 atom stereocenters. The van der Waals surface area contributed by atoms with Crippen molar-refractivity contribution < 1.29 is 0 Å². The molecular weight excluding hydrogens is 216 g/mol. The number of hydrogen-bond acceptors (Lipinski definition) is 0. The van der Waals surface area contributed by atoms with Crippen LogP contribution in [-0.2, 0) is 0 Å². The van der Waals surface area contributed by atoms with Gasteiger partial charge in [-0.15, -0.1) is 0 Å². The van der Waals surface area contributed by atoms with Gasteiger partial charge in [-0.1, -0.05) is 17.7 Å². The summed E-state index contributed by atoms with van der Waals surface area (Å²) < 4.78 is 0. The molecule has 1 aromatic rings. The number of rotatable bonds is 0. The number of benzene rings is 1. The fourth-order valence-corrected chi connectivity index (χ4v) is 3.92. The molecule has 0 saturated heterocycles. The van der Waals surface area contributed by atoms with Crippen LogP contribution in [0.25, 0.3) is 0 Å². The Balaban J connectivity index is 2.38. The standard InChI is InChI=1S/C18H22/c1-9(2)16-14-7-8-15(16)18-13(6)11(4)10(3)12(5)17(14)18/h7-8,14-15H,1-6H3/t14-,15-/m1/s1. The summed E-state index contributed by atoms with van der Waals surface area (Å²) in [6, 6.07) is 0. The molecule has 2 bridgehead atoms. The van der Waals surface area contributed by atoms with Crippen LogP contribution in [0, 0.1) is 27.7 Å². The fraction of sp³-hybridized carbons (Fsp3) is 0.444. The zero-order valence-corrected chi connectivity index (χ0v) is 12.3. The van der Waals surface area contributed by atoms with E-state index in [1.54, 1.807) is 16.7 Å². The summed E-state index contributed by atoms with van der Waals surface area (Å²) in [5.74, 6) is 1.13. The molecule has 0 fully saturated rings. The van der Waals surface area contributed by atoms with E-state index in [0.717, 1.165) is 0 Å². The molecule has 0 amide bonds. The molecule has 0 N–H and O–H groups in total. The first-order chi connectivity index (χ1) is 8.45. The molecule has 2 aliphatic carbocycles. The first-order valence-electron chi connectivity index (χ1n) is 6.90. The van der Waals surface area contributed by atoms with Gasteiger partial charge in [-0.25, -0.2) is 0 Å². The Kier molecular flexibility index (Phi) is 2.35. The van der Waals surface area contributed by atoms with Crippen LogP contribution in [0.2, 0.25) is 0 Å². The molecular formula is C18H22. The summed E-state index contributed by atoms with van der Waals surface area (Å²) in [6.45, 7) is 13.7. The maximum Gasteiger partial charge on any atom is 0.0246 e. The van der Waals surface area contributed by atoms with Crippen molar-refractivity contribution in [2.45, 2.75) is 53.4 Å². The summed E-state index contributed by atoms with van der Waals surface area (Å²) in [5, 5.41) is 0. The predicted molar refractivity (Wildman–Crippen MR) is 78.4 cm³/mol. The van der Waals surface area contributed by atoms with Gasteiger partial charge in [-0.3, -0.25) is 0 Å². The van der Waals surface area contributed by atoms with E-state index in [1.165, 1.54) is 27.8 Å². The van der Waals surface area contributed by atoms with Crippen molar-refractivity contribution in [2.24, 2.45) is 0 Å². The molecule has 0 saturated carbocycles. The van der Waals surface area contributed by atoms with E-state index in [4.69, 9.17) is 0 Å². The maximum absolute atomic E-state index is 2.41. The lowest BCUT2D eigenvalue weighted by Gasteiger charge is -2.20. The minimum absolute atomic E-state index is 0.563. The van der Waals surface area contributed by atoms with Gasteiger partial charge in [0.2, 0.25) is 0 Å². The van der Waals surface area contributed by atoms with Gasteiger partial charge >= 0.3 is 0 Å². The lowest BCUT2D eigenvalue weighted by atomic mass is 9.84. The van der Waals surface area contributed by atoms with Crippen LogP contribution in [-0.4, -0.2) is 0 Å². The van der Waals surface area contributed by atoms with Crippen molar-refractivity contribution in [3.05, 3.63) is 56.7 Å². The van der Waals surface area contributed by atoms with Crippen LogP contribution in [0.1, 0.15) is 59.1 Å². The summed E-state index contributed by atoms with van der Waals surface area (Å²) in [4.78, 5) is 0. The first kappa shape index (κ1) is 11.8. The van der Waals surface area contributed by atoms with Gasteiger partial charge in [0.15, 0.2) is 0 Å². The SMILES string of the molecule is CC(C)=C1[C@H]2C=C[C@H]1c1c(C)c(C)c(C)c(C)c12. The van der Waals surface area contributed by atoms with Crippen molar-refractivity contribution in [3.8, 4) is 0 Å². The molecule has 0 aliphatic heterocycles. The molecule has 0 unspecified atom stereocenters. The van der Waals surface area contributed by atoms with Gasteiger partial charge in [0.25, 0.3) is 0 Å². The third-order valence-electron chi connectivity index (χ3n) is 5.15. The van der Waals surface area contributed by atoms with E-state index in [-0.39, 0.29) is 0 Å². The second kappa shape index (κ2) is 3.60. The summed E-state index contributed by atoms with van der Waals surface area (Å²) in [6.07, 6.45) is 4.83. The van der Waals surface area contributed by atoms with Crippen molar-refractivity contribution in [3.63, 3.8) is 0 Å². The van der Waals surface area contributed by atoms with Crippen molar-refractivity contribution >= 4 is 0 Å². The Morgan fingerprint density at radius 3 is 1.44 bits per heavy atom. The summed E-state index contributed by atoms with van der Waals surface area (Å²) in [5.41, 5.74) is 12.4. The Morgan fingerprint density at radius 2 is 1.11 bits per heavy atom. The number of fused-ring (bicyclic) bond motifs is 5. The van der Waals surface area contributed by atoms with Gasteiger partial charge in [0, 0.05) is 11.8 Å². The number of allylic oxidation sites excluding steroid dienone is 4. The molecule has 0 heterocycles. The first-order valence-corrected chi connectivity index (χ1v) is 6.90. The summed E-state index contributed by atoms with van der Waals surface area (Å²) in [7, 11) is 0. The van der Waals surface area contributed by atoms with E-state index in [0.29, 0.717) is 11.8 Å². The van der Waals surface area contributed by atoms with E-state index in [2.05, 4.69) is 53.7 Å². The smallest absolute Gasteiger partial charge is 0.0246 e. The minimum atomic E-state index is 0.563. The normalized spacial score (nSPS) is 23.8. The Labute approximate surface area is 110 Å². The van der Waals surface area contributed by atoms with E-state index in [9.17, 15) is 0 Å². The minimum Gasteiger partial charge on any atom is -0.0760 e. The maximum atomic E-state index is 2.41. The average Bonchev–Trinajstić information content (AvgIpc) is 2.88. The van der Waals surface area contributed by atoms with Crippen LogP contribution in [0.4, 0.5) is 0 Å². The van der Waals surface area contributed by atoms with E-state index < -0.39 is 0 Å². The molecule has 0 aromatic heterocycles. The van der Waals surface area contributed by atoms with Gasteiger partial charge in [0.05, 0.1) is 0 Å². The van der Waals surface area contributed by atoms with Gasteiger partial charge in [-0.2, -0.15) is 0 Å². The second-order valence-electron chi connectivity index (χ2n) is 6.12. The highest BCUT2D eigenvalue weighted by Crippen LogP contribution is 2.56. The molecule has 0 nitrogen and oxygen atoms in total. The highest BCUT2D eigenvalue weighted by molar-refractivity contribution is 5.67. The topological polar surface area (TPSA) is 0 Å². The molecule has 18 heavy (non-hydrogen) atoms. The van der Waals surface area contributed by atoms with Crippen molar-refractivity contribution in [1.29, 1.82) is 0 Å². The monoisotopic (exact) mass is 238 g/mol. The zero-order chi connectivity index (χ0) is 13.2. The second-order valence-corrected chi connectivity index (χ2v) is 6.12. The highest BCUT2D eigenvalue weighted by Gasteiger charge is 2.40. The largest absolute Gasteiger partial charge is 0.0760 e. The fourth-order valence-electron chi connectivity index (χ4n) is 3.92. The predicted octanol–water partition coefficient (Wildman–Crippen LogP) is 5.01. The summed E-state index contributed by atoms with van der Waals surface area (Å²) >= 11 is 0. The zero-order valence-electron chi connectivity index (χ0n) is 12.3. The molecule has 2 aliphatic rings. The third-order valence-corrected chi connectivity index (χ3v) is 5.15. The quantitative estimate of drug-likeness (QED) is 0.557. The Bertz CT molecular complexity index is 561. The lowest BCUT2D eigenvalue weighted by Crippen LogP contribution is -2.04. The third kappa shape index (κ3) is 1.21. The molecule has 0 heteroatoms. The van der Waals surface area contributed by atoms with Crippen molar-refractivity contribution in [2.75, 3.05) is 0 Å². The average molecular weight is 238 g/mol. The molecule has 0 spiro atoms. The molecule has 1 aromatic carbocycles. The van der Waals surface area contributed by atoms with Crippen LogP contribution < -0.4 is 0 Å². The molecule has 94 valence electrons. The van der Waals surface area contributed by atoms with Gasteiger partial charge < -0.3 is 0 Å². The molecule has 0 radical (unpaired) electrons. The van der Waals surface area contributed by atoms with E-state index in [1.807, 2.05) is 0 Å². The Morgan fingerprint density at radius 1 is 0.722 bits per heavy atom. The molecule has 3 rings (SSSR count). The van der Waals surface area contributed by atoms with Crippen LogP contribution in [0.3, 0.4) is 0 Å². The lowest BCUT2D eigenvalue weighted by molar-refractivity contribution is 0.986. The van der Waals surface area contributed by atoms with Gasteiger partial charge in [0.1, 0.15) is 0 Å². The van der Waals surface area contributed by atoms with Gasteiger partial charge in [-0.05, 0) is 80.5 Å². The van der Waals surface area contributed by atoms with Crippen molar-refractivity contribution in [1.82, 2.24) is 0 Å². The van der Waals surface area contributed by atoms with Crippen LogP contribution in [0.15, 0.2) is 23.3 Å².